The molecule has 1 unspecified atom stereocenters. The summed E-state index contributed by atoms with van der Waals surface area (Å²) in [6.07, 6.45) is 3.72. The van der Waals surface area contributed by atoms with E-state index in [4.69, 9.17) is 37.2 Å². The van der Waals surface area contributed by atoms with Crippen LogP contribution in [0, 0.1) is 23.6 Å². The number of aromatic carboxylic acids is 1. The number of carboxylic acids is 1. The molecule has 12 heteroatoms. The second-order valence-corrected chi connectivity index (χ2v) is 14.4. The van der Waals surface area contributed by atoms with Crippen LogP contribution in [0.25, 0.3) is 21.5 Å². The fourth-order valence-corrected chi connectivity index (χ4v) is 9.32. The van der Waals surface area contributed by atoms with Crippen molar-refractivity contribution in [1.29, 1.82) is 0 Å². The van der Waals surface area contributed by atoms with E-state index in [0.717, 1.165) is 48.0 Å². The van der Waals surface area contributed by atoms with Crippen LogP contribution in [-0.2, 0) is 21.7 Å². The number of hydrogen-bond donors (Lipinski definition) is 2. The molecule has 2 aromatic heterocycles. The number of carboxylic acid groups (broad SMARTS) is 1. The van der Waals surface area contributed by atoms with Crippen LogP contribution >= 0.6 is 34.5 Å². The molecular weight excluding hydrogens is 630 g/mol. The molecule has 3 saturated carbocycles. The van der Waals surface area contributed by atoms with Gasteiger partial charge >= 0.3 is 5.97 Å². The summed E-state index contributed by atoms with van der Waals surface area (Å²) in [7, 11) is 1.64. The Hall–Kier alpha value is -2.60. The average Bonchev–Trinajstić information content (AvgIpc) is 3.55. The molecule has 0 aliphatic heterocycles. The molecule has 0 amide bonds. The number of fused-ring (bicyclic) bond motifs is 3. The number of hydrogen-bond acceptors (Lipinski definition) is 8. The van der Waals surface area contributed by atoms with Gasteiger partial charge in [0.1, 0.15) is 27.6 Å². The fraction of sp³-hybridized carbons (Fsp3) is 0.469. The van der Waals surface area contributed by atoms with Gasteiger partial charge in [0, 0.05) is 24.2 Å². The molecular formula is C32H31Cl2FN2O6S. The summed E-state index contributed by atoms with van der Waals surface area (Å²) in [4.78, 5) is 16.1. The van der Waals surface area contributed by atoms with E-state index in [1.807, 2.05) is 0 Å². The first-order chi connectivity index (χ1) is 21.0. The van der Waals surface area contributed by atoms with E-state index in [1.54, 1.807) is 25.3 Å². The lowest BCUT2D eigenvalue weighted by molar-refractivity contribution is -0.186. The van der Waals surface area contributed by atoms with Gasteiger partial charge in [0.2, 0.25) is 0 Å². The van der Waals surface area contributed by atoms with Crippen molar-refractivity contribution in [2.45, 2.75) is 62.8 Å². The Kier molecular flexibility index (Phi) is 7.54. The third-order valence-corrected chi connectivity index (χ3v) is 11.4. The van der Waals surface area contributed by atoms with Gasteiger partial charge in [-0.1, -0.05) is 41.3 Å². The first-order valence-corrected chi connectivity index (χ1v) is 16.2. The molecule has 232 valence electrons. The lowest BCUT2D eigenvalue weighted by Crippen LogP contribution is -2.53. The molecule has 3 aliphatic carbocycles. The summed E-state index contributed by atoms with van der Waals surface area (Å²) in [5.41, 5.74) is -0.129. The van der Waals surface area contributed by atoms with E-state index < -0.39 is 23.0 Å². The van der Waals surface area contributed by atoms with Gasteiger partial charge in [0.25, 0.3) is 0 Å². The first kappa shape index (κ1) is 30.1. The second-order valence-electron chi connectivity index (χ2n) is 12.5. The number of benzene rings is 2. The van der Waals surface area contributed by atoms with Crippen LogP contribution in [0.5, 0.6) is 0 Å². The molecule has 2 bridgehead atoms. The number of methoxy groups -OCH3 is 1. The monoisotopic (exact) mass is 660 g/mol. The highest BCUT2D eigenvalue weighted by molar-refractivity contribution is 7.18. The topological polar surface area (TPSA) is 115 Å². The van der Waals surface area contributed by atoms with Crippen molar-refractivity contribution < 1.29 is 33.4 Å². The lowest BCUT2D eigenvalue weighted by atomic mass is 9.67. The Morgan fingerprint density at radius 2 is 1.98 bits per heavy atom. The number of nitrogens with zero attached hydrogens (tertiary/aromatic N) is 2. The van der Waals surface area contributed by atoms with E-state index in [-0.39, 0.29) is 41.4 Å². The maximum absolute atomic E-state index is 14.9. The summed E-state index contributed by atoms with van der Waals surface area (Å²) in [6.45, 7) is 2.62. The number of aromatic nitrogens is 2. The molecule has 8 nitrogen and oxygen atoms in total. The second kappa shape index (κ2) is 11.0. The molecule has 0 spiro atoms. The number of thiazole rings is 1. The van der Waals surface area contributed by atoms with Crippen LogP contribution in [0.1, 0.15) is 71.6 Å². The zero-order valence-electron chi connectivity index (χ0n) is 24.1. The first-order valence-electron chi connectivity index (χ1n) is 14.7. The van der Waals surface area contributed by atoms with E-state index in [0.29, 0.717) is 50.5 Å². The van der Waals surface area contributed by atoms with E-state index in [9.17, 15) is 19.4 Å². The minimum absolute atomic E-state index is 0.0753. The van der Waals surface area contributed by atoms with Crippen molar-refractivity contribution in [3.8, 4) is 11.3 Å². The largest absolute Gasteiger partial charge is 0.478 e. The highest BCUT2D eigenvalue weighted by Gasteiger charge is 2.63. The zero-order chi connectivity index (χ0) is 31.0. The van der Waals surface area contributed by atoms with E-state index in [2.05, 4.69) is 17.1 Å². The quantitative estimate of drug-likeness (QED) is 0.187. The smallest absolute Gasteiger partial charge is 0.335 e. The van der Waals surface area contributed by atoms with Gasteiger partial charge in [0.15, 0.2) is 5.82 Å². The normalized spacial score (nSPS) is 28.2. The maximum atomic E-state index is 14.9. The molecule has 2 aromatic carbocycles. The van der Waals surface area contributed by atoms with Crippen molar-refractivity contribution in [3.05, 3.63) is 68.1 Å². The molecule has 0 radical (unpaired) electrons. The molecule has 44 heavy (non-hydrogen) atoms. The summed E-state index contributed by atoms with van der Waals surface area (Å²) in [5.74, 6) is -1.24. The molecule has 5 atom stereocenters. The Labute approximate surface area is 267 Å². The Bertz CT molecular complexity index is 1750. The van der Waals surface area contributed by atoms with Crippen LogP contribution in [0.4, 0.5) is 4.39 Å². The summed E-state index contributed by atoms with van der Waals surface area (Å²) < 4.78 is 33.7. The molecule has 0 saturated heterocycles. The van der Waals surface area contributed by atoms with Crippen LogP contribution < -0.4 is 0 Å². The molecule has 2 N–H and O–H groups in total. The van der Waals surface area contributed by atoms with Gasteiger partial charge < -0.3 is 24.2 Å². The number of halogens is 3. The number of rotatable bonds is 9. The van der Waals surface area contributed by atoms with Gasteiger partial charge in [-0.25, -0.2) is 14.2 Å². The molecule has 4 aromatic rings. The van der Waals surface area contributed by atoms with Crippen molar-refractivity contribution in [2.75, 3.05) is 13.7 Å². The molecule has 3 fully saturated rings. The van der Waals surface area contributed by atoms with Crippen LogP contribution in [-0.4, -0.2) is 45.6 Å². The van der Waals surface area contributed by atoms with E-state index in [1.165, 1.54) is 6.07 Å². The Morgan fingerprint density at radius 3 is 2.64 bits per heavy atom. The molecule has 7 rings (SSSR count). The number of aliphatic hydroxyl groups is 1. The van der Waals surface area contributed by atoms with Crippen LogP contribution in [0.2, 0.25) is 10.0 Å². The Morgan fingerprint density at radius 1 is 1.23 bits per heavy atom. The predicted molar refractivity (Wildman–Crippen MR) is 164 cm³/mol. The van der Waals surface area contributed by atoms with Gasteiger partial charge in [-0.2, -0.15) is 0 Å². The average molecular weight is 662 g/mol. The van der Waals surface area contributed by atoms with Crippen LogP contribution in [0.3, 0.4) is 0 Å². The highest BCUT2D eigenvalue weighted by Crippen LogP contribution is 2.62. The highest BCUT2D eigenvalue weighted by atomic mass is 35.5. The minimum atomic E-state index is -1.31. The third-order valence-electron chi connectivity index (χ3n) is 9.68. The summed E-state index contributed by atoms with van der Waals surface area (Å²) in [6, 6.07) is 7.70. The minimum Gasteiger partial charge on any atom is -0.478 e. The van der Waals surface area contributed by atoms with Gasteiger partial charge in [-0.3, -0.25) is 0 Å². The lowest BCUT2D eigenvalue weighted by Gasteiger charge is -2.48. The van der Waals surface area contributed by atoms with Gasteiger partial charge in [-0.15, -0.1) is 11.3 Å². The number of carbonyl (C=O) groups is 1. The van der Waals surface area contributed by atoms with Crippen molar-refractivity contribution in [1.82, 2.24) is 10.1 Å². The van der Waals surface area contributed by atoms with Crippen molar-refractivity contribution >= 4 is 50.7 Å². The van der Waals surface area contributed by atoms with Gasteiger partial charge in [0.05, 0.1) is 39.1 Å². The molecule has 2 heterocycles. The standard InChI is InChI=1S/C32H31Cl2FN2O6S/c1-15-8-18-11-31(14-41-2,12-20(15)32(18,40)30-36-27-23(35)9-17(29(38)39)10-24(27)44-30)42-13-19-26(37-43-28(19)16-6-7-16)25-21(33)4-3-5-22(25)34/h3-5,9-10,15-16,18,20,40H,6-8,11-14H2,1-2H3,(H,38,39)/t15-,18+,20+,31?,32-/m0/s1. The van der Waals surface area contributed by atoms with E-state index >= 15 is 0 Å². The summed E-state index contributed by atoms with van der Waals surface area (Å²) in [5, 5.41) is 27.5. The van der Waals surface area contributed by atoms with Gasteiger partial charge in [-0.05, 0) is 74.1 Å². The van der Waals surface area contributed by atoms with Crippen molar-refractivity contribution in [2.24, 2.45) is 17.8 Å². The number of ether oxygens (including phenoxy) is 2. The third kappa shape index (κ3) is 4.85. The van der Waals surface area contributed by atoms with Crippen LogP contribution in [0.15, 0.2) is 34.9 Å². The molecule has 3 aliphatic rings. The van der Waals surface area contributed by atoms with Crippen molar-refractivity contribution in [3.63, 3.8) is 0 Å². The summed E-state index contributed by atoms with van der Waals surface area (Å²) >= 11 is 14.3. The fourth-order valence-electron chi connectivity index (χ4n) is 7.49. The predicted octanol–water partition coefficient (Wildman–Crippen LogP) is 7.83. The Balaban J connectivity index is 1.22. The SMILES string of the molecule is COCC1(OCc2c(-c3c(Cl)cccc3Cl)noc2C2CC2)C[C@H]2C[C@H](C)[C@@H](C1)[C@]2(O)c1nc2c(F)cc(C(=O)O)cc2s1. The zero-order valence-corrected chi connectivity index (χ0v) is 26.4. The maximum Gasteiger partial charge on any atom is 0.335 e.